The van der Waals surface area contributed by atoms with Crippen LogP contribution < -0.4 is 10.2 Å². The number of rotatable bonds is 4. The van der Waals surface area contributed by atoms with E-state index >= 15 is 0 Å². The van der Waals surface area contributed by atoms with Crippen LogP contribution in [0.25, 0.3) is 0 Å². The van der Waals surface area contributed by atoms with Crippen LogP contribution in [0.1, 0.15) is 42.5 Å². The lowest BCUT2D eigenvalue weighted by Gasteiger charge is -2.54. The van der Waals surface area contributed by atoms with Gasteiger partial charge in [-0.05, 0) is 67.9 Å². The van der Waals surface area contributed by atoms with Gasteiger partial charge in [-0.15, -0.1) is 0 Å². The van der Waals surface area contributed by atoms with Crippen LogP contribution in [0.15, 0.2) is 18.2 Å². The van der Waals surface area contributed by atoms with E-state index in [9.17, 15) is 14.9 Å². The maximum absolute atomic E-state index is 12.9. The first-order valence-corrected chi connectivity index (χ1v) is 10.5. The Morgan fingerprint density at radius 1 is 1.07 bits per heavy atom. The van der Waals surface area contributed by atoms with Crippen LogP contribution >= 0.6 is 0 Å². The molecule has 1 heterocycles. The summed E-state index contributed by atoms with van der Waals surface area (Å²) in [7, 11) is 0. The van der Waals surface area contributed by atoms with Crippen molar-refractivity contribution in [2.45, 2.75) is 38.1 Å². The third kappa shape index (κ3) is 3.15. The Morgan fingerprint density at radius 3 is 2.32 bits per heavy atom. The second kappa shape index (κ2) is 7.03. The number of nitrogens with one attached hydrogen (secondary N) is 1. The third-order valence-electron chi connectivity index (χ3n) is 7.31. The van der Waals surface area contributed by atoms with Crippen LogP contribution in [-0.2, 0) is 4.74 Å². The minimum absolute atomic E-state index is 0.000340. The number of carbonyl (C=O) groups is 1. The molecule has 7 nitrogen and oxygen atoms in total. The molecule has 1 aromatic rings. The quantitative estimate of drug-likeness (QED) is 0.636. The van der Waals surface area contributed by atoms with Gasteiger partial charge in [-0.3, -0.25) is 14.9 Å². The average molecular weight is 385 g/mol. The molecule has 6 rings (SSSR count). The summed E-state index contributed by atoms with van der Waals surface area (Å²) in [4.78, 5) is 26.2. The first kappa shape index (κ1) is 17.9. The van der Waals surface area contributed by atoms with Gasteiger partial charge in [0.25, 0.3) is 11.6 Å². The molecule has 28 heavy (non-hydrogen) atoms. The number of morpholine rings is 1. The number of nitrogens with zero attached hydrogens (tertiary/aromatic N) is 2. The molecule has 0 atom stereocenters. The standard InChI is InChI=1S/C21H27N3O4/c25-21(22-20-16-8-13-7-14(10-16)11-17(20)9-13)15-1-2-18(19(12-15)24(26)27)23-3-5-28-6-4-23/h1-2,12-14,16-17,20H,3-11H2,(H,22,25). The van der Waals surface area contributed by atoms with Crippen molar-refractivity contribution < 1.29 is 14.5 Å². The largest absolute Gasteiger partial charge is 0.378 e. The Kier molecular flexibility index (Phi) is 4.50. The SMILES string of the molecule is O=C(NC1C2CC3CC(C2)CC1C3)c1ccc(N2CCOCC2)c([N+](=O)[O-])c1. The predicted molar refractivity (Wildman–Crippen MR) is 104 cm³/mol. The molecule has 7 heteroatoms. The van der Waals surface area contributed by atoms with Crippen molar-refractivity contribution >= 4 is 17.3 Å². The molecule has 4 aliphatic carbocycles. The van der Waals surface area contributed by atoms with Gasteiger partial charge >= 0.3 is 0 Å². The molecule has 1 saturated heterocycles. The van der Waals surface area contributed by atoms with Crippen LogP contribution in [0.3, 0.4) is 0 Å². The number of hydrogen-bond acceptors (Lipinski definition) is 5. The highest BCUT2D eigenvalue weighted by atomic mass is 16.6. The van der Waals surface area contributed by atoms with E-state index in [1.54, 1.807) is 12.1 Å². The summed E-state index contributed by atoms with van der Waals surface area (Å²) in [5, 5.41) is 14.9. The minimum Gasteiger partial charge on any atom is -0.378 e. The summed E-state index contributed by atoms with van der Waals surface area (Å²) in [5.41, 5.74) is 0.955. The lowest BCUT2D eigenvalue weighted by molar-refractivity contribution is -0.384. The van der Waals surface area contributed by atoms with Crippen LogP contribution in [-0.4, -0.2) is 43.2 Å². The second-order valence-corrected chi connectivity index (χ2v) is 8.99. The van der Waals surface area contributed by atoms with Gasteiger partial charge in [0, 0.05) is 30.8 Å². The number of anilines is 1. The van der Waals surface area contributed by atoms with E-state index in [-0.39, 0.29) is 22.6 Å². The summed E-state index contributed by atoms with van der Waals surface area (Å²) in [6.45, 7) is 2.37. The van der Waals surface area contributed by atoms with Crippen LogP contribution in [0.2, 0.25) is 0 Å². The Bertz CT molecular complexity index is 762. The van der Waals surface area contributed by atoms with Crippen molar-refractivity contribution in [2.75, 3.05) is 31.2 Å². The molecule has 5 fully saturated rings. The first-order valence-electron chi connectivity index (χ1n) is 10.5. The number of ether oxygens (including phenoxy) is 1. The van der Waals surface area contributed by atoms with Crippen molar-refractivity contribution in [2.24, 2.45) is 23.7 Å². The Balaban J connectivity index is 1.35. The zero-order valence-corrected chi connectivity index (χ0v) is 16.0. The number of amides is 1. The Labute approximate surface area is 164 Å². The van der Waals surface area contributed by atoms with E-state index in [1.165, 1.54) is 38.2 Å². The fraction of sp³-hybridized carbons (Fsp3) is 0.667. The highest BCUT2D eigenvalue weighted by molar-refractivity contribution is 5.96. The van der Waals surface area contributed by atoms with E-state index in [0.29, 0.717) is 49.4 Å². The molecule has 1 amide bonds. The van der Waals surface area contributed by atoms with Gasteiger partial charge in [-0.2, -0.15) is 0 Å². The molecule has 1 aliphatic heterocycles. The normalized spacial score (nSPS) is 33.7. The lowest BCUT2D eigenvalue weighted by atomic mass is 9.54. The summed E-state index contributed by atoms with van der Waals surface area (Å²) in [5.74, 6) is 2.70. The molecule has 0 unspecified atom stereocenters. The molecule has 0 radical (unpaired) electrons. The summed E-state index contributed by atoms with van der Waals surface area (Å²) in [6, 6.07) is 5.12. The number of carbonyl (C=O) groups excluding carboxylic acids is 1. The van der Waals surface area contributed by atoms with Crippen molar-refractivity contribution in [3.05, 3.63) is 33.9 Å². The van der Waals surface area contributed by atoms with Crippen LogP contribution in [0.4, 0.5) is 11.4 Å². The molecule has 4 bridgehead atoms. The molecule has 0 spiro atoms. The lowest BCUT2D eigenvalue weighted by Crippen LogP contribution is -2.55. The average Bonchev–Trinajstić information content (AvgIpc) is 2.70. The van der Waals surface area contributed by atoms with Gasteiger partial charge in [-0.1, -0.05) is 0 Å². The van der Waals surface area contributed by atoms with E-state index in [0.717, 1.165) is 11.8 Å². The highest BCUT2D eigenvalue weighted by Crippen LogP contribution is 2.53. The monoisotopic (exact) mass is 385 g/mol. The zero-order valence-electron chi connectivity index (χ0n) is 16.0. The molecule has 0 aromatic heterocycles. The highest BCUT2D eigenvalue weighted by Gasteiger charge is 2.48. The molecule has 5 aliphatic rings. The molecule has 1 aromatic carbocycles. The third-order valence-corrected chi connectivity index (χ3v) is 7.31. The number of hydrogen-bond donors (Lipinski definition) is 1. The van der Waals surface area contributed by atoms with Gasteiger partial charge in [0.15, 0.2) is 0 Å². The predicted octanol–water partition coefficient (Wildman–Crippen LogP) is 2.99. The van der Waals surface area contributed by atoms with E-state index in [2.05, 4.69) is 5.32 Å². The molecular weight excluding hydrogens is 358 g/mol. The van der Waals surface area contributed by atoms with Crippen molar-refractivity contribution in [1.29, 1.82) is 0 Å². The molecule has 150 valence electrons. The van der Waals surface area contributed by atoms with E-state index in [4.69, 9.17) is 4.74 Å². The number of benzene rings is 1. The maximum atomic E-state index is 12.9. The summed E-state index contributed by atoms with van der Waals surface area (Å²) < 4.78 is 5.34. The maximum Gasteiger partial charge on any atom is 0.293 e. The minimum atomic E-state index is -0.384. The topological polar surface area (TPSA) is 84.7 Å². The van der Waals surface area contributed by atoms with Gasteiger partial charge in [0.05, 0.1) is 18.1 Å². The van der Waals surface area contributed by atoms with Crippen molar-refractivity contribution in [3.63, 3.8) is 0 Å². The van der Waals surface area contributed by atoms with Gasteiger partial charge in [0.2, 0.25) is 0 Å². The Hall–Kier alpha value is -2.15. The fourth-order valence-corrected chi connectivity index (χ4v) is 6.28. The number of nitro groups is 1. The number of nitro benzene ring substituents is 1. The van der Waals surface area contributed by atoms with E-state index < -0.39 is 0 Å². The van der Waals surface area contributed by atoms with Crippen LogP contribution in [0, 0.1) is 33.8 Å². The second-order valence-electron chi connectivity index (χ2n) is 8.99. The zero-order chi connectivity index (χ0) is 19.3. The molecule has 4 saturated carbocycles. The van der Waals surface area contributed by atoms with Gasteiger partial charge in [-0.25, -0.2) is 0 Å². The smallest absolute Gasteiger partial charge is 0.293 e. The summed E-state index contributed by atoms with van der Waals surface area (Å²) >= 11 is 0. The van der Waals surface area contributed by atoms with Gasteiger partial charge in [0.1, 0.15) is 5.69 Å². The Morgan fingerprint density at radius 2 is 1.71 bits per heavy atom. The van der Waals surface area contributed by atoms with Crippen LogP contribution in [0.5, 0.6) is 0 Å². The molecular formula is C21H27N3O4. The van der Waals surface area contributed by atoms with Gasteiger partial charge < -0.3 is 15.0 Å². The van der Waals surface area contributed by atoms with E-state index in [1.807, 2.05) is 4.90 Å². The molecule has 1 N–H and O–H groups in total. The van der Waals surface area contributed by atoms with Crippen molar-refractivity contribution in [1.82, 2.24) is 5.32 Å². The fourth-order valence-electron chi connectivity index (χ4n) is 6.28. The van der Waals surface area contributed by atoms with Crippen molar-refractivity contribution in [3.8, 4) is 0 Å². The first-order chi connectivity index (χ1) is 13.6. The summed E-state index contributed by atoms with van der Waals surface area (Å²) in [6.07, 6.45) is 6.30.